The maximum Gasteiger partial charge on any atom is 0.244 e. The largest absolute Gasteiger partial charge is 0.368 e. The molecule has 27 heavy (non-hydrogen) atoms. The van der Waals surface area contributed by atoms with Gasteiger partial charge in [0.1, 0.15) is 0 Å². The Hall–Kier alpha value is -1.83. The Morgan fingerprint density at radius 1 is 1.19 bits per heavy atom. The number of hydrogen-bond donors (Lipinski definition) is 1. The van der Waals surface area contributed by atoms with Gasteiger partial charge < -0.3 is 15.1 Å². The van der Waals surface area contributed by atoms with Gasteiger partial charge in [-0.2, -0.15) is 0 Å². The molecule has 2 heterocycles. The Balaban J connectivity index is 1.43. The fourth-order valence-corrected chi connectivity index (χ4v) is 4.31. The van der Waals surface area contributed by atoms with E-state index in [4.69, 9.17) is 11.6 Å². The molecule has 0 bridgehead atoms. The first-order chi connectivity index (χ1) is 13.0. The quantitative estimate of drug-likeness (QED) is 0.682. The number of hydrogen-bond acceptors (Lipinski definition) is 4. The summed E-state index contributed by atoms with van der Waals surface area (Å²) in [6, 6.07) is 11.6. The molecule has 5 nitrogen and oxygen atoms in total. The second-order valence-electron chi connectivity index (χ2n) is 6.04. The van der Waals surface area contributed by atoms with Gasteiger partial charge in [-0.05, 0) is 52.3 Å². The molecule has 2 aromatic rings. The Labute approximate surface area is 175 Å². The van der Waals surface area contributed by atoms with Gasteiger partial charge in [0.05, 0.1) is 10.3 Å². The summed E-state index contributed by atoms with van der Waals surface area (Å²) in [5.74, 6) is -0.341. The SMILES string of the molecule is O=C(/C=C/c1ccc(Br)s1)NCC(=O)N1CCN(c2cccc(Cl)c2)CC1. The van der Waals surface area contributed by atoms with Crippen molar-refractivity contribution in [3.05, 3.63) is 56.2 Å². The number of anilines is 1. The zero-order valence-corrected chi connectivity index (χ0v) is 17.7. The first kappa shape index (κ1) is 19.9. The van der Waals surface area contributed by atoms with Crippen LogP contribution in [0.2, 0.25) is 5.02 Å². The zero-order valence-electron chi connectivity index (χ0n) is 14.5. The molecule has 8 heteroatoms. The molecule has 1 aromatic carbocycles. The van der Waals surface area contributed by atoms with E-state index in [0.717, 1.165) is 27.4 Å². The van der Waals surface area contributed by atoms with Crippen molar-refractivity contribution in [2.75, 3.05) is 37.6 Å². The molecule has 1 aromatic heterocycles. The van der Waals surface area contributed by atoms with Crippen molar-refractivity contribution in [1.29, 1.82) is 0 Å². The van der Waals surface area contributed by atoms with Crippen molar-refractivity contribution in [3.8, 4) is 0 Å². The lowest BCUT2D eigenvalue weighted by Crippen LogP contribution is -2.51. The molecular weight excluding hydrogens is 450 g/mol. The van der Waals surface area contributed by atoms with E-state index >= 15 is 0 Å². The first-order valence-corrected chi connectivity index (χ1v) is 10.5. The molecule has 1 fully saturated rings. The van der Waals surface area contributed by atoms with Gasteiger partial charge in [0.15, 0.2) is 0 Å². The van der Waals surface area contributed by atoms with Crippen LogP contribution in [-0.2, 0) is 9.59 Å². The predicted molar refractivity (Wildman–Crippen MR) is 114 cm³/mol. The molecule has 142 valence electrons. The highest BCUT2D eigenvalue weighted by molar-refractivity contribution is 9.11. The summed E-state index contributed by atoms with van der Waals surface area (Å²) < 4.78 is 1.01. The molecule has 1 aliphatic rings. The average molecular weight is 469 g/mol. The summed E-state index contributed by atoms with van der Waals surface area (Å²) in [6.07, 6.45) is 3.18. The first-order valence-electron chi connectivity index (χ1n) is 8.51. The Morgan fingerprint density at radius 2 is 1.96 bits per heavy atom. The minimum absolute atomic E-state index is 0.00841. The van der Waals surface area contributed by atoms with Crippen LogP contribution in [0.15, 0.2) is 46.3 Å². The minimum Gasteiger partial charge on any atom is -0.368 e. The van der Waals surface area contributed by atoms with Crippen molar-refractivity contribution in [3.63, 3.8) is 0 Å². The van der Waals surface area contributed by atoms with Crippen molar-refractivity contribution < 1.29 is 9.59 Å². The number of nitrogens with one attached hydrogen (secondary N) is 1. The van der Waals surface area contributed by atoms with E-state index in [2.05, 4.69) is 26.1 Å². The highest BCUT2D eigenvalue weighted by Gasteiger charge is 2.21. The van der Waals surface area contributed by atoms with Crippen LogP contribution in [0, 0.1) is 0 Å². The summed E-state index contributed by atoms with van der Waals surface area (Å²) in [4.78, 5) is 29.2. The molecular formula is C19H19BrClN3O2S. The average Bonchev–Trinajstić information content (AvgIpc) is 3.10. The van der Waals surface area contributed by atoms with E-state index < -0.39 is 0 Å². The molecule has 0 saturated carbocycles. The van der Waals surface area contributed by atoms with Gasteiger partial charge in [-0.1, -0.05) is 17.7 Å². The minimum atomic E-state index is -0.273. The number of amides is 2. The molecule has 1 saturated heterocycles. The second kappa shape index (κ2) is 9.39. The third-order valence-electron chi connectivity index (χ3n) is 4.21. The maximum atomic E-state index is 12.3. The van der Waals surface area contributed by atoms with Crippen LogP contribution in [0.3, 0.4) is 0 Å². The number of piperazine rings is 1. The highest BCUT2D eigenvalue weighted by Crippen LogP contribution is 2.23. The second-order valence-corrected chi connectivity index (χ2v) is 8.97. The van der Waals surface area contributed by atoms with Crippen LogP contribution in [0.4, 0.5) is 5.69 Å². The lowest BCUT2D eigenvalue weighted by molar-refractivity contribution is -0.132. The third kappa shape index (κ3) is 5.82. The van der Waals surface area contributed by atoms with Crippen LogP contribution in [-0.4, -0.2) is 49.4 Å². The number of carbonyl (C=O) groups excluding carboxylic acids is 2. The van der Waals surface area contributed by atoms with Gasteiger partial charge in [0, 0.05) is 47.8 Å². The van der Waals surface area contributed by atoms with E-state index in [1.165, 1.54) is 17.4 Å². The van der Waals surface area contributed by atoms with Crippen LogP contribution in [0.5, 0.6) is 0 Å². The molecule has 2 amide bonds. The van der Waals surface area contributed by atoms with E-state index in [9.17, 15) is 9.59 Å². The number of carbonyl (C=O) groups is 2. The van der Waals surface area contributed by atoms with E-state index in [-0.39, 0.29) is 18.4 Å². The molecule has 3 rings (SSSR count). The maximum absolute atomic E-state index is 12.3. The Bertz CT molecular complexity index is 847. The van der Waals surface area contributed by atoms with Gasteiger partial charge >= 0.3 is 0 Å². The molecule has 0 unspecified atom stereocenters. The summed E-state index contributed by atoms with van der Waals surface area (Å²) >= 11 is 11.0. The van der Waals surface area contributed by atoms with Crippen LogP contribution in [0.1, 0.15) is 4.88 Å². The zero-order chi connectivity index (χ0) is 19.2. The lowest BCUT2D eigenvalue weighted by Gasteiger charge is -2.36. The molecule has 1 N–H and O–H groups in total. The van der Waals surface area contributed by atoms with E-state index in [1.54, 1.807) is 11.0 Å². The van der Waals surface area contributed by atoms with Crippen molar-refractivity contribution in [2.24, 2.45) is 0 Å². The third-order valence-corrected chi connectivity index (χ3v) is 6.04. The van der Waals surface area contributed by atoms with Crippen LogP contribution < -0.4 is 10.2 Å². The van der Waals surface area contributed by atoms with Gasteiger partial charge in [0.25, 0.3) is 0 Å². The molecule has 0 radical (unpaired) electrons. The van der Waals surface area contributed by atoms with Crippen molar-refractivity contribution in [2.45, 2.75) is 0 Å². The lowest BCUT2D eigenvalue weighted by atomic mass is 10.2. The van der Waals surface area contributed by atoms with Crippen molar-refractivity contribution in [1.82, 2.24) is 10.2 Å². The van der Waals surface area contributed by atoms with Crippen LogP contribution >= 0.6 is 38.9 Å². The summed E-state index contributed by atoms with van der Waals surface area (Å²) in [7, 11) is 0. The van der Waals surface area contributed by atoms with Gasteiger partial charge in [-0.25, -0.2) is 0 Å². The van der Waals surface area contributed by atoms with Gasteiger partial charge in [-0.3, -0.25) is 9.59 Å². The molecule has 1 aliphatic heterocycles. The Kier molecular flexibility index (Phi) is 6.93. The van der Waals surface area contributed by atoms with Crippen molar-refractivity contribution >= 4 is 62.4 Å². The summed E-state index contributed by atoms with van der Waals surface area (Å²) in [6.45, 7) is 2.75. The highest BCUT2D eigenvalue weighted by atomic mass is 79.9. The molecule has 0 atom stereocenters. The van der Waals surface area contributed by atoms with E-state index in [1.807, 2.05) is 36.4 Å². The topological polar surface area (TPSA) is 52.7 Å². The number of nitrogens with zero attached hydrogens (tertiary/aromatic N) is 2. The number of thiophene rings is 1. The summed E-state index contributed by atoms with van der Waals surface area (Å²) in [5.41, 5.74) is 1.06. The fraction of sp³-hybridized carbons (Fsp3) is 0.263. The predicted octanol–water partition coefficient (Wildman–Crippen LogP) is 3.64. The van der Waals surface area contributed by atoms with Crippen LogP contribution in [0.25, 0.3) is 6.08 Å². The standard InChI is InChI=1S/C19H19BrClN3O2S/c20-17-6-4-16(27-17)5-7-18(25)22-13-19(26)24-10-8-23(9-11-24)15-3-1-2-14(21)12-15/h1-7,12H,8-11,13H2,(H,22,25)/b7-5+. The fourth-order valence-electron chi connectivity index (χ4n) is 2.80. The smallest absolute Gasteiger partial charge is 0.244 e. The van der Waals surface area contributed by atoms with E-state index in [0.29, 0.717) is 18.1 Å². The Morgan fingerprint density at radius 3 is 2.63 bits per heavy atom. The monoisotopic (exact) mass is 467 g/mol. The number of benzene rings is 1. The number of halogens is 2. The summed E-state index contributed by atoms with van der Waals surface area (Å²) in [5, 5.41) is 3.36. The number of rotatable bonds is 5. The molecule has 0 spiro atoms. The van der Waals surface area contributed by atoms with Gasteiger partial charge in [-0.15, -0.1) is 11.3 Å². The molecule has 0 aliphatic carbocycles. The van der Waals surface area contributed by atoms with Gasteiger partial charge in [0.2, 0.25) is 11.8 Å². The normalized spacial score (nSPS) is 14.6.